The minimum absolute atomic E-state index is 1.16. The maximum absolute atomic E-state index is 4.01. The summed E-state index contributed by atoms with van der Waals surface area (Å²) >= 11 is 1.77. The first-order valence-corrected chi connectivity index (χ1v) is 7.48. The van der Waals surface area contributed by atoms with Gasteiger partial charge in [0.2, 0.25) is 0 Å². The van der Waals surface area contributed by atoms with Gasteiger partial charge in [0.25, 0.3) is 0 Å². The van der Waals surface area contributed by atoms with Gasteiger partial charge in [0.05, 0.1) is 0 Å². The molecule has 0 aliphatic rings. The van der Waals surface area contributed by atoms with Crippen molar-refractivity contribution in [2.45, 2.75) is 0 Å². The highest BCUT2D eigenvalue weighted by atomic mass is 32.1. The van der Waals surface area contributed by atoms with E-state index in [1.54, 1.807) is 36.1 Å². The van der Waals surface area contributed by atoms with Crippen LogP contribution >= 0.6 is 11.3 Å². The van der Waals surface area contributed by atoms with E-state index in [2.05, 4.69) is 46.4 Å². The van der Waals surface area contributed by atoms with Crippen molar-refractivity contribution in [1.29, 1.82) is 0 Å². The highest BCUT2D eigenvalue weighted by Gasteiger charge is 1.94. The maximum atomic E-state index is 4.01. The van der Waals surface area contributed by atoms with Gasteiger partial charge in [-0.25, -0.2) is 0 Å². The van der Waals surface area contributed by atoms with Crippen LogP contribution in [0, 0.1) is 0 Å². The molecule has 3 rings (SSSR count). The molecule has 0 radical (unpaired) electrons. The molecule has 21 heavy (non-hydrogen) atoms. The van der Waals surface area contributed by atoms with Gasteiger partial charge in [0.1, 0.15) is 0 Å². The van der Waals surface area contributed by atoms with Crippen LogP contribution < -0.4 is 0 Å². The number of thiophene rings is 1. The van der Waals surface area contributed by atoms with Crippen molar-refractivity contribution in [3.8, 4) is 0 Å². The Bertz CT molecular complexity index is 679. The lowest BCUT2D eigenvalue weighted by molar-refractivity contribution is 1.32. The summed E-state index contributed by atoms with van der Waals surface area (Å²) in [4.78, 5) is 10.5. The lowest BCUT2D eigenvalue weighted by Gasteiger charge is -1.90. The third-order valence-corrected chi connectivity index (χ3v) is 3.96. The summed E-state index contributed by atoms with van der Waals surface area (Å²) in [6.07, 6.45) is 15.7. The first-order valence-electron chi connectivity index (χ1n) is 6.66. The molecule has 0 aliphatic heterocycles. The quantitative estimate of drug-likeness (QED) is 0.684. The van der Waals surface area contributed by atoms with Crippen molar-refractivity contribution in [2.75, 3.05) is 0 Å². The third-order valence-electron chi connectivity index (χ3n) is 2.94. The van der Waals surface area contributed by atoms with Crippen molar-refractivity contribution < 1.29 is 0 Å². The molecule has 0 atom stereocenters. The molecule has 0 fully saturated rings. The van der Waals surface area contributed by atoms with Crippen molar-refractivity contribution in [2.24, 2.45) is 0 Å². The van der Waals surface area contributed by atoms with Crippen LogP contribution in [0.5, 0.6) is 0 Å². The molecule has 0 saturated heterocycles. The van der Waals surface area contributed by atoms with Gasteiger partial charge < -0.3 is 0 Å². The van der Waals surface area contributed by atoms with E-state index >= 15 is 0 Å². The molecular formula is C18H14N2S. The van der Waals surface area contributed by atoms with Gasteiger partial charge in [0.15, 0.2) is 0 Å². The zero-order valence-corrected chi connectivity index (χ0v) is 12.2. The first kappa shape index (κ1) is 13.5. The molecule has 0 N–H and O–H groups in total. The van der Waals surface area contributed by atoms with E-state index in [9.17, 15) is 0 Å². The highest BCUT2D eigenvalue weighted by molar-refractivity contribution is 7.13. The topological polar surface area (TPSA) is 25.8 Å². The second kappa shape index (κ2) is 6.77. The largest absolute Gasteiger partial charge is 0.265 e. The smallest absolute Gasteiger partial charge is 0.0276 e. The van der Waals surface area contributed by atoms with E-state index in [0.29, 0.717) is 0 Å². The molecule has 102 valence electrons. The van der Waals surface area contributed by atoms with Crippen LogP contribution in [0.4, 0.5) is 0 Å². The Morgan fingerprint density at radius 1 is 0.571 bits per heavy atom. The first-order chi connectivity index (χ1) is 10.4. The number of pyridine rings is 2. The van der Waals surface area contributed by atoms with Crippen LogP contribution in [0.3, 0.4) is 0 Å². The molecule has 0 saturated carbocycles. The van der Waals surface area contributed by atoms with E-state index in [4.69, 9.17) is 0 Å². The molecule has 3 aromatic heterocycles. The minimum Gasteiger partial charge on any atom is -0.265 e. The second-order valence-corrected chi connectivity index (χ2v) is 5.61. The average Bonchev–Trinajstić information content (AvgIpc) is 3.01. The van der Waals surface area contributed by atoms with Gasteiger partial charge in [-0.1, -0.05) is 12.2 Å². The van der Waals surface area contributed by atoms with E-state index in [1.165, 1.54) is 9.75 Å². The zero-order chi connectivity index (χ0) is 14.3. The molecular weight excluding hydrogens is 276 g/mol. The molecule has 0 spiro atoms. The van der Waals surface area contributed by atoms with Gasteiger partial charge in [-0.15, -0.1) is 11.3 Å². The average molecular weight is 290 g/mol. The number of hydrogen-bond acceptors (Lipinski definition) is 3. The van der Waals surface area contributed by atoms with Crippen LogP contribution in [-0.2, 0) is 0 Å². The second-order valence-electron chi connectivity index (χ2n) is 4.47. The summed E-state index contributed by atoms with van der Waals surface area (Å²) in [6.45, 7) is 0. The molecule has 3 heterocycles. The van der Waals surface area contributed by atoms with Gasteiger partial charge in [-0.2, -0.15) is 0 Å². The fourth-order valence-electron chi connectivity index (χ4n) is 1.85. The van der Waals surface area contributed by atoms with Gasteiger partial charge >= 0.3 is 0 Å². The summed E-state index contributed by atoms with van der Waals surface area (Å²) in [5.74, 6) is 0. The van der Waals surface area contributed by atoms with Crippen LogP contribution in [0.15, 0.2) is 61.2 Å². The summed E-state index contributed by atoms with van der Waals surface area (Å²) < 4.78 is 0. The van der Waals surface area contributed by atoms with Crippen molar-refractivity contribution >= 4 is 35.6 Å². The molecule has 0 aliphatic carbocycles. The molecule has 3 aromatic rings. The Kier molecular flexibility index (Phi) is 4.34. The van der Waals surface area contributed by atoms with Gasteiger partial charge in [-0.05, 0) is 59.7 Å². The Balaban J connectivity index is 1.69. The van der Waals surface area contributed by atoms with Crippen molar-refractivity contribution in [1.82, 2.24) is 9.97 Å². The number of hydrogen-bond donors (Lipinski definition) is 0. The Labute approximate surface area is 128 Å². The number of rotatable bonds is 4. The fourth-order valence-corrected chi connectivity index (χ4v) is 2.67. The van der Waals surface area contributed by atoms with E-state index < -0.39 is 0 Å². The summed E-state index contributed by atoms with van der Waals surface area (Å²) in [7, 11) is 0. The highest BCUT2D eigenvalue weighted by Crippen LogP contribution is 2.21. The summed E-state index contributed by atoms with van der Waals surface area (Å²) in [6, 6.07) is 12.2. The Morgan fingerprint density at radius 3 is 1.43 bits per heavy atom. The molecule has 0 amide bonds. The van der Waals surface area contributed by atoms with Crippen LogP contribution in [0.25, 0.3) is 24.3 Å². The Hall–Kier alpha value is -2.52. The van der Waals surface area contributed by atoms with Crippen LogP contribution in [-0.4, -0.2) is 9.97 Å². The van der Waals surface area contributed by atoms with Crippen molar-refractivity contribution in [3.05, 3.63) is 82.1 Å². The standard InChI is InChI=1S/C18H14N2S/c1(15-7-11-19-12-8-15)3-17-5-6-18(21-17)4-2-16-9-13-20-14-10-16/h1-14H/b3-1+,4-2+. The van der Waals surface area contributed by atoms with Crippen LogP contribution in [0.2, 0.25) is 0 Å². The monoisotopic (exact) mass is 290 g/mol. The van der Waals surface area contributed by atoms with Gasteiger partial charge in [-0.3, -0.25) is 9.97 Å². The van der Waals surface area contributed by atoms with Crippen LogP contribution in [0.1, 0.15) is 20.9 Å². The van der Waals surface area contributed by atoms with Gasteiger partial charge in [0, 0.05) is 34.5 Å². The summed E-state index contributed by atoms with van der Waals surface area (Å²) in [5.41, 5.74) is 2.32. The zero-order valence-electron chi connectivity index (χ0n) is 11.4. The molecule has 0 bridgehead atoms. The molecule has 0 unspecified atom stereocenters. The fraction of sp³-hybridized carbons (Fsp3) is 0. The van der Waals surface area contributed by atoms with E-state index in [1.807, 2.05) is 24.3 Å². The molecule has 0 aromatic carbocycles. The van der Waals surface area contributed by atoms with Crippen molar-refractivity contribution in [3.63, 3.8) is 0 Å². The number of nitrogens with zero attached hydrogens (tertiary/aromatic N) is 2. The predicted molar refractivity (Wildman–Crippen MR) is 90.6 cm³/mol. The lowest BCUT2D eigenvalue weighted by atomic mass is 10.2. The van der Waals surface area contributed by atoms with E-state index in [-0.39, 0.29) is 0 Å². The van der Waals surface area contributed by atoms with E-state index in [0.717, 1.165) is 11.1 Å². The Morgan fingerprint density at radius 2 is 1.00 bits per heavy atom. The lowest BCUT2D eigenvalue weighted by Crippen LogP contribution is -1.71. The predicted octanol–water partition coefficient (Wildman–Crippen LogP) is 4.88. The molecule has 3 heteroatoms. The normalized spacial score (nSPS) is 11.4. The minimum atomic E-state index is 1.16. The number of aromatic nitrogens is 2. The summed E-state index contributed by atoms with van der Waals surface area (Å²) in [5, 5.41) is 0. The SMILES string of the molecule is C(=C\c1ccc(/C=C/c2ccncc2)s1)/c1ccncc1. The third kappa shape index (κ3) is 3.97. The molecule has 2 nitrogen and oxygen atoms in total. The maximum Gasteiger partial charge on any atom is 0.0276 e.